The fraction of sp³-hybridized carbons (Fsp3) is 1.00. The Morgan fingerprint density at radius 2 is 1.92 bits per heavy atom. The fourth-order valence-electron chi connectivity index (χ4n) is 2.74. The third kappa shape index (κ3) is 1.75. The Bertz CT molecular complexity index is 181. The van der Waals surface area contributed by atoms with E-state index in [2.05, 4.69) is 30.7 Å². The Kier molecular flexibility index (Phi) is 2.37. The topological polar surface area (TPSA) is 6.48 Å². The molecule has 0 spiro atoms. The first kappa shape index (κ1) is 9.47. The summed E-state index contributed by atoms with van der Waals surface area (Å²) in [5.74, 6) is 0. The first-order chi connectivity index (χ1) is 6.11. The molecule has 2 fully saturated rings. The Balaban J connectivity index is 1.93. The van der Waals surface area contributed by atoms with Gasteiger partial charge in [0, 0.05) is 19.1 Å². The van der Waals surface area contributed by atoms with Crippen molar-refractivity contribution in [2.45, 2.75) is 32.7 Å². The van der Waals surface area contributed by atoms with Crippen LogP contribution in [0.2, 0.25) is 0 Å². The van der Waals surface area contributed by atoms with Crippen molar-refractivity contribution >= 4 is 0 Å². The van der Waals surface area contributed by atoms with Crippen molar-refractivity contribution in [3.8, 4) is 0 Å². The van der Waals surface area contributed by atoms with Gasteiger partial charge in [-0.3, -0.25) is 0 Å². The number of piperidine rings is 1. The predicted molar refractivity (Wildman–Crippen MR) is 55.9 cm³/mol. The summed E-state index contributed by atoms with van der Waals surface area (Å²) in [7, 11) is 2.26. The van der Waals surface area contributed by atoms with Crippen LogP contribution in [0, 0.1) is 5.41 Å². The molecule has 2 aliphatic heterocycles. The average molecular weight is 182 g/mol. The molecule has 76 valence electrons. The molecule has 0 aliphatic carbocycles. The number of hydrogen-bond donors (Lipinski definition) is 0. The molecule has 0 aromatic carbocycles. The lowest BCUT2D eigenvalue weighted by Crippen LogP contribution is -2.38. The van der Waals surface area contributed by atoms with Gasteiger partial charge in [0.15, 0.2) is 0 Å². The summed E-state index contributed by atoms with van der Waals surface area (Å²) in [5, 5.41) is 0. The summed E-state index contributed by atoms with van der Waals surface area (Å²) in [4.78, 5) is 5.13. The van der Waals surface area contributed by atoms with E-state index in [1.54, 1.807) is 0 Å². The van der Waals surface area contributed by atoms with E-state index >= 15 is 0 Å². The van der Waals surface area contributed by atoms with Gasteiger partial charge in [0.1, 0.15) is 0 Å². The lowest BCUT2D eigenvalue weighted by Gasteiger charge is -2.32. The minimum absolute atomic E-state index is 0.666. The highest BCUT2D eigenvalue weighted by Crippen LogP contribution is 2.40. The number of rotatable bonds is 3. The second kappa shape index (κ2) is 3.25. The molecule has 13 heavy (non-hydrogen) atoms. The number of nitrogens with zero attached hydrogens (tertiary/aromatic N) is 2. The second-order valence-corrected chi connectivity index (χ2v) is 5.29. The molecule has 2 nitrogen and oxygen atoms in total. The Morgan fingerprint density at radius 3 is 2.31 bits per heavy atom. The van der Waals surface area contributed by atoms with Crippen molar-refractivity contribution in [2.24, 2.45) is 5.41 Å². The van der Waals surface area contributed by atoms with Crippen molar-refractivity contribution in [3.05, 3.63) is 0 Å². The van der Waals surface area contributed by atoms with Gasteiger partial charge in [0.2, 0.25) is 0 Å². The molecule has 2 heteroatoms. The van der Waals surface area contributed by atoms with Crippen molar-refractivity contribution in [3.63, 3.8) is 0 Å². The molecule has 0 unspecified atom stereocenters. The first-order valence-corrected chi connectivity index (χ1v) is 5.54. The summed E-state index contributed by atoms with van der Waals surface area (Å²) in [6.07, 6.45) is 2.87. The van der Waals surface area contributed by atoms with Crippen molar-refractivity contribution in [1.29, 1.82) is 0 Å². The fourth-order valence-corrected chi connectivity index (χ4v) is 2.74. The average Bonchev–Trinajstić information content (AvgIpc) is 2.62. The molecule has 0 atom stereocenters. The zero-order chi connectivity index (χ0) is 9.47. The molecular weight excluding hydrogens is 160 g/mol. The zero-order valence-corrected chi connectivity index (χ0v) is 9.21. The standard InChI is InChI=1S/C11H22N2/c1-10(2)12(3)8-11-4-6-13(9-11)7-5-11/h10H,4-9H2,1-3H3. The molecule has 0 N–H and O–H groups in total. The predicted octanol–water partition coefficient (Wildman–Crippen LogP) is 1.42. The van der Waals surface area contributed by atoms with E-state index in [0.717, 1.165) is 0 Å². The molecule has 2 rings (SSSR count). The normalized spacial score (nSPS) is 38.1. The van der Waals surface area contributed by atoms with Crippen LogP contribution in [0.15, 0.2) is 0 Å². The van der Waals surface area contributed by atoms with Crippen LogP contribution in [-0.4, -0.2) is 49.1 Å². The Hall–Kier alpha value is -0.0800. The molecule has 2 aliphatic rings. The van der Waals surface area contributed by atoms with Gasteiger partial charge in [-0.05, 0) is 52.2 Å². The summed E-state index contributed by atoms with van der Waals surface area (Å²) >= 11 is 0. The van der Waals surface area contributed by atoms with E-state index in [9.17, 15) is 0 Å². The number of hydrogen-bond acceptors (Lipinski definition) is 2. The second-order valence-electron chi connectivity index (χ2n) is 5.29. The first-order valence-electron chi connectivity index (χ1n) is 5.54. The van der Waals surface area contributed by atoms with E-state index in [1.807, 2.05) is 0 Å². The molecule has 0 saturated carbocycles. The van der Waals surface area contributed by atoms with Gasteiger partial charge in [0.25, 0.3) is 0 Å². The summed E-state index contributed by atoms with van der Waals surface area (Å²) in [6.45, 7) is 9.96. The summed E-state index contributed by atoms with van der Waals surface area (Å²) < 4.78 is 0. The molecule has 0 aromatic rings. The molecule has 2 heterocycles. The van der Waals surface area contributed by atoms with Crippen molar-refractivity contribution < 1.29 is 0 Å². The van der Waals surface area contributed by atoms with Gasteiger partial charge in [-0.25, -0.2) is 0 Å². The molecular formula is C11H22N2. The van der Waals surface area contributed by atoms with Crippen molar-refractivity contribution in [1.82, 2.24) is 9.80 Å². The monoisotopic (exact) mass is 182 g/mol. The van der Waals surface area contributed by atoms with Crippen molar-refractivity contribution in [2.75, 3.05) is 33.2 Å². The Labute approximate surface area is 81.9 Å². The van der Waals surface area contributed by atoms with Crippen LogP contribution in [-0.2, 0) is 0 Å². The maximum atomic E-state index is 2.62. The van der Waals surface area contributed by atoms with Gasteiger partial charge < -0.3 is 9.80 Å². The van der Waals surface area contributed by atoms with E-state index in [4.69, 9.17) is 0 Å². The van der Waals surface area contributed by atoms with Crippen LogP contribution in [0.1, 0.15) is 26.7 Å². The maximum absolute atomic E-state index is 2.62. The van der Waals surface area contributed by atoms with Gasteiger partial charge in [-0.2, -0.15) is 0 Å². The highest BCUT2D eigenvalue weighted by molar-refractivity contribution is 4.98. The van der Waals surface area contributed by atoms with Gasteiger partial charge >= 0.3 is 0 Å². The van der Waals surface area contributed by atoms with E-state index in [-0.39, 0.29) is 0 Å². The molecule has 0 amide bonds. The van der Waals surface area contributed by atoms with Crippen LogP contribution in [0.25, 0.3) is 0 Å². The van der Waals surface area contributed by atoms with Crippen LogP contribution >= 0.6 is 0 Å². The minimum Gasteiger partial charge on any atom is -0.303 e. The van der Waals surface area contributed by atoms with Gasteiger partial charge in [-0.1, -0.05) is 0 Å². The largest absolute Gasteiger partial charge is 0.303 e. The van der Waals surface area contributed by atoms with Crippen LogP contribution in [0.5, 0.6) is 0 Å². The smallest absolute Gasteiger partial charge is 0.00512 e. The lowest BCUT2D eigenvalue weighted by atomic mass is 9.84. The van der Waals surface area contributed by atoms with Crippen LogP contribution in [0.4, 0.5) is 0 Å². The zero-order valence-electron chi connectivity index (χ0n) is 9.21. The highest BCUT2D eigenvalue weighted by atomic mass is 15.2. The minimum atomic E-state index is 0.666. The van der Waals surface area contributed by atoms with E-state index in [1.165, 1.54) is 39.0 Å². The highest BCUT2D eigenvalue weighted by Gasteiger charge is 2.44. The number of fused-ring (bicyclic) bond motifs is 2. The van der Waals surface area contributed by atoms with Crippen LogP contribution in [0.3, 0.4) is 0 Å². The third-order valence-corrected chi connectivity index (χ3v) is 3.94. The molecule has 2 saturated heterocycles. The van der Waals surface area contributed by atoms with E-state index in [0.29, 0.717) is 11.5 Å². The molecule has 0 radical (unpaired) electrons. The summed E-state index contributed by atoms with van der Waals surface area (Å²) in [5.41, 5.74) is 0.666. The molecule has 0 aromatic heterocycles. The van der Waals surface area contributed by atoms with E-state index < -0.39 is 0 Å². The quantitative estimate of drug-likeness (QED) is 0.651. The van der Waals surface area contributed by atoms with Gasteiger partial charge in [0.05, 0.1) is 0 Å². The SMILES string of the molecule is CC(C)N(C)CC12CCN(CC1)C2. The lowest BCUT2D eigenvalue weighted by molar-refractivity contribution is 0.166. The molecule has 2 bridgehead atoms. The van der Waals surface area contributed by atoms with Gasteiger partial charge in [-0.15, -0.1) is 0 Å². The summed E-state index contributed by atoms with van der Waals surface area (Å²) in [6, 6.07) is 0.698. The Morgan fingerprint density at radius 1 is 1.31 bits per heavy atom. The van der Waals surface area contributed by atoms with Crippen LogP contribution < -0.4 is 0 Å². The maximum Gasteiger partial charge on any atom is 0.00512 e. The third-order valence-electron chi connectivity index (χ3n) is 3.94.